The molecule has 0 bridgehead atoms. The molecule has 1 unspecified atom stereocenters. The van der Waals surface area contributed by atoms with E-state index in [0.29, 0.717) is 0 Å². The lowest BCUT2D eigenvalue weighted by atomic mass is 9.83. The topological polar surface area (TPSA) is 18.5 Å². The maximum Gasteiger partial charge on any atom is 0.167 e. The van der Waals surface area contributed by atoms with Crippen LogP contribution in [0.15, 0.2) is 0 Å². The van der Waals surface area contributed by atoms with E-state index in [-0.39, 0.29) is 5.79 Å². The molecule has 2 nitrogen and oxygen atoms in total. The number of methoxy groups -OCH3 is 2. The van der Waals surface area contributed by atoms with Gasteiger partial charge in [-0.1, -0.05) is 19.8 Å². The van der Waals surface area contributed by atoms with Crippen molar-refractivity contribution in [1.29, 1.82) is 0 Å². The fourth-order valence-electron chi connectivity index (χ4n) is 2.11. The smallest absolute Gasteiger partial charge is 0.167 e. The van der Waals surface area contributed by atoms with E-state index >= 15 is 0 Å². The number of ether oxygens (including phenoxy) is 2. The first-order valence-electron chi connectivity index (χ1n) is 4.86. The second-order valence-corrected chi connectivity index (χ2v) is 3.69. The zero-order valence-corrected chi connectivity index (χ0v) is 8.43. The molecule has 1 saturated carbocycles. The van der Waals surface area contributed by atoms with Crippen LogP contribution in [0.3, 0.4) is 0 Å². The second-order valence-electron chi connectivity index (χ2n) is 3.69. The molecule has 1 aliphatic rings. The normalized spacial score (nSPS) is 28.8. The van der Waals surface area contributed by atoms with Crippen LogP contribution in [0.5, 0.6) is 0 Å². The molecular formula is C10H20O2. The molecule has 12 heavy (non-hydrogen) atoms. The Morgan fingerprint density at radius 3 is 2.50 bits per heavy atom. The first-order chi connectivity index (χ1) is 5.76. The van der Waals surface area contributed by atoms with Gasteiger partial charge in [-0.05, 0) is 12.3 Å². The molecule has 1 atom stereocenters. The van der Waals surface area contributed by atoms with E-state index in [1.807, 2.05) is 0 Å². The Labute approximate surface area is 75.2 Å². The van der Waals surface area contributed by atoms with E-state index < -0.39 is 0 Å². The number of hydrogen-bond donors (Lipinski definition) is 0. The van der Waals surface area contributed by atoms with Crippen LogP contribution in [-0.2, 0) is 9.47 Å². The summed E-state index contributed by atoms with van der Waals surface area (Å²) in [6.45, 7) is 2.24. The molecule has 1 fully saturated rings. The summed E-state index contributed by atoms with van der Waals surface area (Å²) in [6, 6.07) is 0. The third-order valence-electron chi connectivity index (χ3n) is 3.09. The molecule has 0 saturated heterocycles. The van der Waals surface area contributed by atoms with Gasteiger partial charge < -0.3 is 9.47 Å². The SMILES string of the molecule is CCC1CCCC(OC)(OC)C1. The molecule has 1 aliphatic carbocycles. The van der Waals surface area contributed by atoms with Gasteiger partial charge in [0.25, 0.3) is 0 Å². The van der Waals surface area contributed by atoms with E-state index in [4.69, 9.17) is 9.47 Å². The molecule has 0 spiro atoms. The van der Waals surface area contributed by atoms with Crippen molar-refractivity contribution in [3.8, 4) is 0 Å². The van der Waals surface area contributed by atoms with Crippen molar-refractivity contribution >= 4 is 0 Å². The summed E-state index contributed by atoms with van der Waals surface area (Å²) in [6.07, 6.45) is 5.94. The molecule has 0 aromatic carbocycles. The molecule has 1 rings (SSSR count). The van der Waals surface area contributed by atoms with Gasteiger partial charge in [-0.3, -0.25) is 0 Å². The highest BCUT2D eigenvalue weighted by molar-refractivity contribution is 4.79. The standard InChI is InChI=1S/C10H20O2/c1-4-9-6-5-7-10(8-9,11-2)12-3/h9H,4-8H2,1-3H3. The Balaban J connectivity index is 2.52. The van der Waals surface area contributed by atoms with Crippen LogP contribution in [0.2, 0.25) is 0 Å². The molecule has 0 N–H and O–H groups in total. The summed E-state index contributed by atoms with van der Waals surface area (Å²) in [4.78, 5) is 0. The summed E-state index contributed by atoms with van der Waals surface area (Å²) in [5.41, 5.74) is 0. The molecule has 0 aromatic rings. The molecule has 72 valence electrons. The van der Waals surface area contributed by atoms with E-state index in [1.54, 1.807) is 14.2 Å². The highest BCUT2D eigenvalue weighted by Crippen LogP contribution is 2.36. The molecule has 0 aromatic heterocycles. The minimum Gasteiger partial charge on any atom is -0.353 e. The quantitative estimate of drug-likeness (QED) is 0.609. The zero-order valence-electron chi connectivity index (χ0n) is 8.43. The second kappa shape index (κ2) is 4.24. The lowest BCUT2D eigenvalue weighted by molar-refractivity contribution is -0.231. The third-order valence-corrected chi connectivity index (χ3v) is 3.09. The maximum absolute atomic E-state index is 5.44. The van der Waals surface area contributed by atoms with Gasteiger partial charge in [-0.15, -0.1) is 0 Å². The lowest BCUT2D eigenvalue weighted by Crippen LogP contribution is -2.39. The fourth-order valence-corrected chi connectivity index (χ4v) is 2.11. The molecule has 0 aliphatic heterocycles. The van der Waals surface area contributed by atoms with Crippen LogP contribution in [-0.4, -0.2) is 20.0 Å². The van der Waals surface area contributed by atoms with Crippen LogP contribution in [0.25, 0.3) is 0 Å². The van der Waals surface area contributed by atoms with Gasteiger partial charge in [0.1, 0.15) is 0 Å². The predicted octanol–water partition coefficient (Wildman–Crippen LogP) is 2.58. The Morgan fingerprint density at radius 1 is 1.33 bits per heavy atom. The van der Waals surface area contributed by atoms with Crippen molar-refractivity contribution in [1.82, 2.24) is 0 Å². The first kappa shape index (κ1) is 10.0. The Kier molecular flexibility index (Phi) is 3.53. The van der Waals surface area contributed by atoms with Crippen molar-refractivity contribution in [3.63, 3.8) is 0 Å². The van der Waals surface area contributed by atoms with Crippen molar-refractivity contribution in [2.45, 2.75) is 44.8 Å². The van der Waals surface area contributed by atoms with Crippen LogP contribution >= 0.6 is 0 Å². The average molecular weight is 172 g/mol. The van der Waals surface area contributed by atoms with Crippen molar-refractivity contribution in [3.05, 3.63) is 0 Å². The first-order valence-corrected chi connectivity index (χ1v) is 4.86. The van der Waals surface area contributed by atoms with E-state index in [2.05, 4.69) is 6.92 Å². The van der Waals surface area contributed by atoms with Crippen molar-refractivity contribution in [2.75, 3.05) is 14.2 Å². The minimum absolute atomic E-state index is 0.265. The van der Waals surface area contributed by atoms with E-state index in [1.165, 1.54) is 19.3 Å². The summed E-state index contributed by atoms with van der Waals surface area (Å²) >= 11 is 0. The summed E-state index contributed by atoms with van der Waals surface area (Å²) < 4.78 is 10.9. The predicted molar refractivity (Wildman–Crippen MR) is 49.0 cm³/mol. The van der Waals surface area contributed by atoms with Gasteiger partial charge in [0.2, 0.25) is 0 Å². The van der Waals surface area contributed by atoms with E-state index in [9.17, 15) is 0 Å². The van der Waals surface area contributed by atoms with E-state index in [0.717, 1.165) is 18.8 Å². The van der Waals surface area contributed by atoms with Gasteiger partial charge in [-0.2, -0.15) is 0 Å². The Hall–Kier alpha value is -0.0800. The highest BCUT2D eigenvalue weighted by atomic mass is 16.7. The van der Waals surface area contributed by atoms with Gasteiger partial charge in [0.15, 0.2) is 5.79 Å². The van der Waals surface area contributed by atoms with Gasteiger partial charge >= 0.3 is 0 Å². The summed E-state index contributed by atoms with van der Waals surface area (Å²) in [5.74, 6) is 0.525. The maximum atomic E-state index is 5.44. The monoisotopic (exact) mass is 172 g/mol. The van der Waals surface area contributed by atoms with Crippen LogP contribution in [0.1, 0.15) is 39.0 Å². The largest absolute Gasteiger partial charge is 0.353 e. The molecule has 0 amide bonds. The summed E-state index contributed by atoms with van der Waals surface area (Å²) in [5, 5.41) is 0. The van der Waals surface area contributed by atoms with Gasteiger partial charge in [0.05, 0.1) is 0 Å². The molecule has 2 heteroatoms. The van der Waals surface area contributed by atoms with Crippen molar-refractivity contribution in [2.24, 2.45) is 5.92 Å². The Bertz CT molecular complexity index is 130. The summed E-state index contributed by atoms with van der Waals surface area (Å²) in [7, 11) is 3.50. The average Bonchev–Trinajstić information content (AvgIpc) is 2.18. The fraction of sp³-hybridized carbons (Fsp3) is 1.00. The highest BCUT2D eigenvalue weighted by Gasteiger charge is 2.35. The number of hydrogen-bond acceptors (Lipinski definition) is 2. The van der Waals surface area contributed by atoms with Crippen LogP contribution < -0.4 is 0 Å². The van der Waals surface area contributed by atoms with Crippen molar-refractivity contribution < 1.29 is 9.47 Å². The minimum atomic E-state index is -0.265. The molecule has 0 radical (unpaired) electrons. The van der Waals surface area contributed by atoms with Gasteiger partial charge in [0, 0.05) is 27.1 Å². The number of rotatable bonds is 3. The lowest BCUT2D eigenvalue weighted by Gasteiger charge is -2.38. The van der Waals surface area contributed by atoms with Crippen LogP contribution in [0.4, 0.5) is 0 Å². The third kappa shape index (κ3) is 1.99. The molecule has 0 heterocycles. The van der Waals surface area contributed by atoms with Gasteiger partial charge in [-0.25, -0.2) is 0 Å². The molecular weight excluding hydrogens is 152 g/mol. The zero-order chi connectivity index (χ0) is 9.03. The Morgan fingerprint density at radius 2 is 2.00 bits per heavy atom. The van der Waals surface area contributed by atoms with Crippen LogP contribution in [0, 0.1) is 5.92 Å².